The van der Waals surface area contributed by atoms with Crippen LogP contribution in [0.25, 0.3) is 0 Å². The first-order valence-electron chi connectivity index (χ1n) is 7.45. The first-order chi connectivity index (χ1) is 10.8. The van der Waals surface area contributed by atoms with Gasteiger partial charge in [-0.1, -0.05) is 32.0 Å². The second-order valence-corrected chi connectivity index (χ2v) is 5.72. The first kappa shape index (κ1) is 18.5. The molecule has 0 saturated carbocycles. The number of urea groups is 1. The molecule has 0 aliphatic carbocycles. The monoisotopic (exact) mass is 321 g/mol. The van der Waals surface area contributed by atoms with Crippen LogP contribution >= 0.6 is 0 Å². The maximum absolute atomic E-state index is 12.0. The van der Waals surface area contributed by atoms with Crippen molar-refractivity contribution in [2.75, 3.05) is 5.32 Å². The normalized spacial score (nSPS) is 13.0. The molecule has 0 aliphatic rings. The summed E-state index contributed by atoms with van der Waals surface area (Å²) >= 11 is 0. The maximum Gasteiger partial charge on any atom is 0.326 e. The van der Waals surface area contributed by atoms with E-state index in [-0.39, 0.29) is 5.92 Å². The second kappa shape index (κ2) is 8.77. The number of hydrogen-bond donors (Lipinski definition) is 4. The molecule has 0 aliphatic heterocycles. The van der Waals surface area contributed by atoms with Crippen LogP contribution < -0.4 is 16.0 Å². The molecule has 3 amide bonds. The van der Waals surface area contributed by atoms with Crippen LogP contribution in [-0.4, -0.2) is 35.1 Å². The molecule has 23 heavy (non-hydrogen) atoms. The minimum atomic E-state index is -1.09. The molecule has 0 saturated heterocycles. The molecule has 0 fully saturated rings. The van der Waals surface area contributed by atoms with E-state index < -0.39 is 30.0 Å². The van der Waals surface area contributed by atoms with Crippen LogP contribution in [-0.2, 0) is 9.59 Å². The molecule has 126 valence electrons. The lowest BCUT2D eigenvalue weighted by molar-refractivity contribution is -0.142. The molecule has 1 unspecified atom stereocenters. The largest absolute Gasteiger partial charge is 0.480 e. The summed E-state index contributed by atoms with van der Waals surface area (Å²) in [5.74, 6) is -1.50. The Morgan fingerprint density at radius 3 is 2.17 bits per heavy atom. The molecule has 0 bridgehead atoms. The summed E-state index contributed by atoms with van der Waals surface area (Å²) in [4.78, 5) is 35.0. The summed E-state index contributed by atoms with van der Waals surface area (Å²) in [6.45, 7) is 5.24. The highest BCUT2D eigenvalue weighted by Crippen LogP contribution is 2.06. The van der Waals surface area contributed by atoms with E-state index in [1.807, 2.05) is 19.9 Å². The van der Waals surface area contributed by atoms with Gasteiger partial charge in [-0.05, 0) is 31.4 Å². The van der Waals surface area contributed by atoms with E-state index in [1.54, 1.807) is 24.3 Å². The number of nitrogens with one attached hydrogen (secondary N) is 3. The van der Waals surface area contributed by atoms with E-state index in [9.17, 15) is 14.4 Å². The molecule has 1 rings (SSSR count). The molecular formula is C16H23N3O4. The van der Waals surface area contributed by atoms with Crippen molar-refractivity contribution in [3.05, 3.63) is 30.3 Å². The van der Waals surface area contributed by atoms with Gasteiger partial charge in [0.1, 0.15) is 12.1 Å². The molecule has 0 heterocycles. The molecular weight excluding hydrogens is 298 g/mol. The van der Waals surface area contributed by atoms with Gasteiger partial charge in [0.25, 0.3) is 0 Å². The van der Waals surface area contributed by atoms with Crippen LogP contribution in [0.5, 0.6) is 0 Å². The topological polar surface area (TPSA) is 108 Å². The number of aliphatic carboxylic acids is 1. The standard InChI is InChI=1S/C16H23N3O4/c1-10(2)9-13(15(21)22)19-14(20)11(3)17-16(23)18-12-7-5-4-6-8-12/h4-8,10-11,13H,9H2,1-3H3,(H,19,20)(H,21,22)(H2,17,18,23)/t11?,13-/m0/s1. The van der Waals surface area contributed by atoms with Crippen LogP contribution in [0.4, 0.5) is 10.5 Å². The lowest BCUT2D eigenvalue weighted by Gasteiger charge is -2.20. The maximum atomic E-state index is 12.0. The van der Waals surface area contributed by atoms with Gasteiger partial charge in [-0.2, -0.15) is 0 Å². The predicted octanol–water partition coefficient (Wildman–Crippen LogP) is 1.81. The molecule has 0 radical (unpaired) electrons. The summed E-state index contributed by atoms with van der Waals surface area (Å²) in [7, 11) is 0. The number of anilines is 1. The fourth-order valence-corrected chi connectivity index (χ4v) is 1.94. The van der Waals surface area contributed by atoms with E-state index in [4.69, 9.17) is 5.11 Å². The van der Waals surface area contributed by atoms with Crippen molar-refractivity contribution in [1.82, 2.24) is 10.6 Å². The molecule has 0 aromatic heterocycles. The third-order valence-electron chi connectivity index (χ3n) is 3.09. The minimum Gasteiger partial charge on any atom is -0.480 e. The smallest absolute Gasteiger partial charge is 0.326 e. The van der Waals surface area contributed by atoms with Gasteiger partial charge < -0.3 is 21.1 Å². The minimum absolute atomic E-state index is 0.126. The van der Waals surface area contributed by atoms with Gasteiger partial charge in [0, 0.05) is 5.69 Å². The van der Waals surface area contributed by atoms with Crippen molar-refractivity contribution < 1.29 is 19.5 Å². The molecule has 0 spiro atoms. The van der Waals surface area contributed by atoms with E-state index in [1.165, 1.54) is 6.92 Å². The molecule has 2 atom stereocenters. The summed E-state index contributed by atoms with van der Waals surface area (Å²) in [6.07, 6.45) is 0.323. The fourth-order valence-electron chi connectivity index (χ4n) is 1.94. The van der Waals surface area contributed by atoms with E-state index >= 15 is 0 Å². The Morgan fingerprint density at radius 2 is 1.65 bits per heavy atom. The summed E-state index contributed by atoms with van der Waals surface area (Å²) in [6, 6.07) is 6.44. The van der Waals surface area contributed by atoms with Crippen LogP contribution in [0.1, 0.15) is 27.2 Å². The van der Waals surface area contributed by atoms with Crippen molar-refractivity contribution >= 4 is 23.6 Å². The molecule has 4 N–H and O–H groups in total. The van der Waals surface area contributed by atoms with E-state index in [0.29, 0.717) is 12.1 Å². The SMILES string of the molecule is CC(C)C[C@H](NC(=O)C(C)NC(=O)Nc1ccccc1)C(=O)O. The fraction of sp³-hybridized carbons (Fsp3) is 0.438. The molecule has 7 heteroatoms. The Kier molecular flexibility index (Phi) is 7.05. The molecule has 7 nitrogen and oxygen atoms in total. The lowest BCUT2D eigenvalue weighted by Crippen LogP contribution is -2.51. The number of carboxylic acids is 1. The van der Waals surface area contributed by atoms with Gasteiger partial charge in [-0.3, -0.25) is 4.79 Å². The van der Waals surface area contributed by atoms with Gasteiger partial charge in [0.05, 0.1) is 0 Å². The zero-order chi connectivity index (χ0) is 17.4. The van der Waals surface area contributed by atoms with E-state index in [2.05, 4.69) is 16.0 Å². The Labute approximate surface area is 135 Å². The summed E-state index contributed by atoms with van der Waals surface area (Å²) < 4.78 is 0. The Balaban J connectivity index is 2.52. The van der Waals surface area contributed by atoms with Gasteiger partial charge in [-0.15, -0.1) is 0 Å². The van der Waals surface area contributed by atoms with Crippen molar-refractivity contribution in [2.45, 2.75) is 39.3 Å². The van der Waals surface area contributed by atoms with Gasteiger partial charge in [-0.25, -0.2) is 9.59 Å². The first-order valence-corrected chi connectivity index (χ1v) is 7.45. The number of hydrogen-bond acceptors (Lipinski definition) is 3. The van der Waals surface area contributed by atoms with Crippen LogP contribution in [0, 0.1) is 5.92 Å². The zero-order valence-corrected chi connectivity index (χ0v) is 13.5. The van der Waals surface area contributed by atoms with Crippen LogP contribution in [0.2, 0.25) is 0 Å². The predicted molar refractivity (Wildman–Crippen MR) is 87.1 cm³/mol. The third kappa shape index (κ3) is 6.82. The number of amides is 3. The third-order valence-corrected chi connectivity index (χ3v) is 3.09. The lowest BCUT2D eigenvalue weighted by atomic mass is 10.0. The number of carboxylic acid groups (broad SMARTS) is 1. The Bertz CT molecular complexity index is 546. The van der Waals surface area contributed by atoms with Gasteiger partial charge in [0.15, 0.2) is 0 Å². The zero-order valence-electron chi connectivity index (χ0n) is 13.5. The highest BCUT2D eigenvalue weighted by Gasteiger charge is 2.24. The number of carbonyl (C=O) groups excluding carboxylic acids is 2. The van der Waals surface area contributed by atoms with Gasteiger partial charge >= 0.3 is 12.0 Å². The van der Waals surface area contributed by atoms with Crippen LogP contribution in [0.3, 0.4) is 0 Å². The quantitative estimate of drug-likeness (QED) is 0.614. The van der Waals surface area contributed by atoms with Crippen molar-refractivity contribution in [1.29, 1.82) is 0 Å². The highest BCUT2D eigenvalue weighted by molar-refractivity contribution is 5.94. The summed E-state index contributed by atoms with van der Waals surface area (Å²) in [5.41, 5.74) is 0.598. The number of rotatable bonds is 7. The Morgan fingerprint density at radius 1 is 1.04 bits per heavy atom. The molecule has 1 aromatic carbocycles. The highest BCUT2D eigenvalue weighted by atomic mass is 16.4. The number of benzene rings is 1. The van der Waals surface area contributed by atoms with E-state index in [0.717, 1.165) is 0 Å². The van der Waals surface area contributed by atoms with Gasteiger partial charge in [0.2, 0.25) is 5.91 Å². The summed E-state index contributed by atoms with van der Waals surface area (Å²) in [5, 5.41) is 16.6. The second-order valence-electron chi connectivity index (χ2n) is 5.72. The Hall–Kier alpha value is -2.57. The number of carbonyl (C=O) groups is 3. The van der Waals surface area contributed by atoms with Crippen molar-refractivity contribution in [3.63, 3.8) is 0 Å². The molecule has 1 aromatic rings. The van der Waals surface area contributed by atoms with Crippen molar-refractivity contribution in [3.8, 4) is 0 Å². The average Bonchev–Trinajstić information content (AvgIpc) is 2.46. The number of para-hydroxylation sites is 1. The van der Waals surface area contributed by atoms with Crippen molar-refractivity contribution in [2.24, 2.45) is 5.92 Å². The average molecular weight is 321 g/mol. The van der Waals surface area contributed by atoms with Crippen LogP contribution in [0.15, 0.2) is 30.3 Å².